The second kappa shape index (κ2) is 8.65. The largest absolute Gasteiger partial charge is 0.274 e. The minimum Gasteiger partial charge on any atom is -0.274 e. The number of aromatic nitrogens is 2. The number of nitrogens with zero attached hydrogens (tertiary/aromatic N) is 3. The molecule has 9 heteroatoms. The fourth-order valence-corrected chi connectivity index (χ4v) is 6.06. The van der Waals surface area contributed by atoms with Crippen LogP contribution in [-0.2, 0) is 15.3 Å². The Hall–Kier alpha value is -1.87. The summed E-state index contributed by atoms with van der Waals surface area (Å²) in [6.45, 7) is 0. The number of imide groups is 1. The van der Waals surface area contributed by atoms with Gasteiger partial charge in [0.2, 0.25) is 11.8 Å². The van der Waals surface area contributed by atoms with Crippen LogP contribution in [0.4, 0.5) is 5.69 Å². The van der Waals surface area contributed by atoms with Gasteiger partial charge in [-0.05, 0) is 29.8 Å². The van der Waals surface area contributed by atoms with E-state index < -0.39 is 5.25 Å². The molecule has 142 valence electrons. The van der Waals surface area contributed by atoms with Crippen LogP contribution in [0.3, 0.4) is 0 Å². The zero-order valence-electron chi connectivity index (χ0n) is 14.4. The van der Waals surface area contributed by atoms with Crippen LogP contribution < -0.4 is 4.90 Å². The van der Waals surface area contributed by atoms with E-state index in [-0.39, 0.29) is 18.2 Å². The number of halogens is 1. The molecule has 0 bridgehead atoms. The number of benzene rings is 2. The molecule has 0 unspecified atom stereocenters. The maximum absolute atomic E-state index is 12.7. The Labute approximate surface area is 179 Å². The van der Waals surface area contributed by atoms with Gasteiger partial charge >= 0.3 is 0 Å². The highest BCUT2D eigenvalue weighted by atomic mass is 35.5. The molecule has 2 heterocycles. The average Bonchev–Trinajstić information content (AvgIpc) is 3.26. The van der Waals surface area contributed by atoms with E-state index in [1.54, 1.807) is 23.9 Å². The molecule has 0 radical (unpaired) electrons. The van der Waals surface area contributed by atoms with Crippen LogP contribution >= 0.6 is 46.5 Å². The molecule has 5 nitrogen and oxygen atoms in total. The van der Waals surface area contributed by atoms with E-state index in [1.165, 1.54) is 28.0 Å². The standard InChI is InChI=1S/C19H14ClN3O2S3/c20-13-8-6-12(7-9-13)11-26-18-21-22-19(28-18)27-15-10-16(24)23(17(15)25)14-4-2-1-3-5-14/h1-9,15H,10-11H2/t15-/m0/s1. The minimum absolute atomic E-state index is 0.172. The fourth-order valence-electron chi connectivity index (χ4n) is 2.69. The number of carbonyl (C=O) groups is 2. The van der Waals surface area contributed by atoms with Crippen LogP contribution in [0.15, 0.2) is 63.3 Å². The smallest absolute Gasteiger partial charge is 0.247 e. The molecule has 1 aliphatic rings. The van der Waals surface area contributed by atoms with Gasteiger partial charge in [-0.1, -0.05) is 76.8 Å². The molecule has 1 fully saturated rings. The van der Waals surface area contributed by atoms with Gasteiger partial charge in [0.05, 0.1) is 5.69 Å². The monoisotopic (exact) mass is 447 g/mol. The third-order valence-electron chi connectivity index (χ3n) is 4.03. The third-order valence-corrected chi connectivity index (χ3v) is 7.68. The SMILES string of the molecule is O=C1C[C@H](Sc2nnc(SCc3ccc(Cl)cc3)s2)C(=O)N1c1ccccc1. The van der Waals surface area contributed by atoms with Gasteiger partial charge in [0, 0.05) is 17.2 Å². The van der Waals surface area contributed by atoms with E-state index in [2.05, 4.69) is 10.2 Å². The summed E-state index contributed by atoms with van der Waals surface area (Å²) in [5.74, 6) is 0.376. The van der Waals surface area contributed by atoms with Crippen LogP contribution in [0.2, 0.25) is 5.02 Å². The van der Waals surface area contributed by atoms with E-state index in [9.17, 15) is 9.59 Å². The highest BCUT2D eigenvalue weighted by Gasteiger charge is 2.40. The van der Waals surface area contributed by atoms with Gasteiger partial charge in [-0.25, -0.2) is 4.90 Å². The van der Waals surface area contributed by atoms with Crippen molar-refractivity contribution in [2.45, 2.75) is 26.1 Å². The van der Waals surface area contributed by atoms with Crippen LogP contribution in [0.1, 0.15) is 12.0 Å². The minimum atomic E-state index is -0.463. The lowest BCUT2D eigenvalue weighted by Crippen LogP contribution is -2.30. The number of hydrogen-bond acceptors (Lipinski definition) is 7. The van der Waals surface area contributed by atoms with Crippen molar-refractivity contribution in [3.05, 3.63) is 65.2 Å². The number of anilines is 1. The molecule has 2 aromatic carbocycles. The van der Waals surface area contributed by atoms with Crippen molar-refractivity contribution in [2.75, 3.05) is 4.90 Å². The number of carbonyl (C=O) groups excluding carboxylic acids is 2. The predicted molar refractivity (Wildman–Crippen MR) is 114 cm³/mol. The molecule has 4 rings (SSSR count). The Morgan fingerprint density at radius 2 is 1.75 bits per heavy atom. The number of para-hydroxylation sites is 1. The summed E-state index contributed by atoms with van der Waals surface area (Å²) in [6, 6.07) is 16.7. The topological polar surface area (TPSA) is 63.2 Å². The van der Waals surface area contributed by atoms with Crippen molar-refractivity contribution < 1.29 is 9.59 Å². The van der Waals surface area contributed by atoms with Crippen molar-refractivity contribution in [3.8, 4) is 0 Å². The highest BCUT2D eigenvalue weighted by molar-refractivity contribution is 8.03. The van der Waals surface area contributed by atoms with Gasteiger partial charge in [-0.2, -0.15) is 0 Å². The van der Waals surface area contributed by atoms with Crippen molar-refractivity contribution >= 4 is 64.0 Å². The Morgan fingerprint density at radius 1 is 1.04 bits per heavy atom. The van der Waals surface area contributed by atoms with Crippen LogP contribution in [0.5, 0.6) is 0 Å². The first kappa shape index (κ1) is 19.4. The predicted octanol–water partition coefficient (Wildman–Crippen LogP) is 4.91. The fraction of sp³-hybridized carbons (Fsp3) is 0.158. The second-order valence-corrected chi connectivity index (χ2v) is 10.0. The normalized spacial score (nSPS) is 16.8. The zero-order chi connectivity index (χ0) is 19.5. The molecule has 0 aliphatic carbocycles. The molecule has 1 aromatic heterocycles. The third kappa shape index (κ3) is 4.41. The molecule has 0 spiro atoms. The molecule has 1 aliphatic heterocycles. The molecule has 0 saturated carbocycles. The summed E-state index contributed by atoms with van der Waals surface area (Å²) in [5.41, 5.74) is 1.76. The summed E-state index contributed by atoms with van der Waals surface area (Å²) >= 11 is 10.2. The Kier molecular flexibility index (Phi) is 6.01. The van der Waals surface area contributed by atoms with Crippen LogP contribution in [0, 0.1) is 0 Å². The van der Waals surface area contributed by atoms with Gasteiger partial charge in [-0.3, -0.25) is 9.59 Å². The Morgan fingerprint density at radius 3 is 2.50 bits per heavy atom. The molecular formula is C19H14ClN3O2S3. The Balaban J connectivity index is 1.38. The summed E-state index contributed by atoms with van der Waals surface area (Å²) in [7, 11) is 0. The maximum atomic E-state index is 12.7. The van der Waals surface area contributed by atoms with Gasteiger partial charge < -0.3 is 0 Å². The van der Waals surface area contributed by atoms with E-state index in [0.29, 0.717) is 15.0 Å². The lowest BCUT2D eigenvalue weighted by Gasteiger charge is -2.14. The second-order valence-electron chi connectivity index (χ2n) is 5.96. The number of hydrogen-bond donors (Lipinski definition) is 0. The molecular weight excluding hydrogens is 434 g/mol. The van der Waals surface area contributed by atoms with Crippen molar-refractivity contribution in [2.24, 2.45) is 0 Å². The van der Waals surface area contributed by atoms with Crippen LogP contribution in [0.25, 0.3) is 0 Å². The van der Waals surface area contributed by atoms with Gasteiger partial charge in [0.25, 0.3) is 0 Å². The summed E-state index contributed by atoms with van der Waals surface area (Å²) in [4.78, 5) is 26.3. The molecule has 28 heavy (non-hydrogen) atoms. The quantitative estimate of drug-likeness (QED) is 0.395. The first-order chi connectivity index (χ1) is 13.6. The first-order valence-corrected chi connectivity index (χ1v) is 11.5. The molecule has 0 N–H and O–H groups in total. The average molecular weight is 448 g/mol. The van der Waals surface area contributed by atoms with E-state index in [4.69, 9.17) is 11.6 Å². The van der Waals surface area contributed by atoms with E-state index >= 15 is 0 Å². The van der Waals surface area contributed by atoms with E-state index in [1.807, 2.05) is 42.5 Å². The number of thioether (sulfide) groups is 2. The molecule has 2 amide bonds. The summed E-state index contributed by atoms with van der Waals surface area (Å²) in [5, 5.41) is 8.61. The Bertz CT molecular complexity index is 995. The van der Waals surface area contributed by atoms with E-state index in [0.717, 1.165) is 15.7 Å². The molecule has 1 atom stereocenters. The molecule has 1 saturated heterocycles. The van der Waals surface area contributed by atoms with Gasteiger partial charge in [0.1, 0.15) is 5.25 Å². The van der Waals surface area contributed by atoms with Crippen molar-refractivity contribution in [1.82, 2.24) is 10.2 Å². The lowest BCUT2D eigenvalue weighted by atomic mass is 10.2. The molecule has 3 aromatic rings. The maximum Gasteiger partial charge on any atom is 0.247 e. The van der Waals surface area contributed by atoms with Gasteiger partial charge in [0.15, 0.2) is 8.68 Å². The van der Waals surface area contributed by atoms with Gasteiger partial charge in [-0.15, -0.1) is 10.2 Å². The van der Waals surface area contributed by atoms with Crippen molar-refractivity contribution in [3.63, 3.8) is 0 Å². The van der Waals surface area contributed by atoms with Crippen LogP contribution in [-0.4, -0.2) is 27.3 Å². The van der Waals surface area contributed by atoms with Crippen molar-refractivity contribution in [1.29, 1.82) is 0 Å². The zero-order valence-corrected chi connectivity index (χ0v) is 17.7. The highest BCUT2D eigenvalue weighted by Crippen LogP contribution is 2.37. The lowest BCUT2D eigenvalue weighted by molar-refractivity contribution is -0.121. The number of rotatable bonds is 6. The number of amides is 2. The summed E-state index contributed by atoms with van der Waals surface area (Å²) in [6.07, 6.45) is 0.172. The summed E-state index contributed by atoms with van der Waals surface area (Å²) < 4.78 is 1.52. The first-order valence-electron chi connectivity index (χ1n) is 8.39.